The Hall–Kier alpha value is -1.06. The standard InChI is InChI=1S/C14H22N2O/c1-14(2)10-15-9-13(17-14)11-5-7-12(8-6-11)16(3)4/h5-8,13,15H,9-10H2,1-4H3. The van der Waals surface area contributed by atoms with Gasteiger partial charge in [-0.05, 0) is 31.5 Å². The first-order valence-electron chi connectivity index (χ1n) is 6.14. The van der Waals surface area contributed by atoms with Crippen molar-refractivity contribution >= 4 is 5.69 Å². The minimum Gasteiger partial charge on any atom is -0.378 e. The van der Waals surface area contributed by atoms with E-state index in [9.17, 15) is 0 Å². The predicted molar refractivity (Wildman–Crippen MR) is 71.5 cm³/mol. The molecule has 1 N–H and O–H groups in total. The third-order valence-electron chi connectivity index (χ3n) is 3.12. The lowest BCUT2D eigenvalue weighted by molar-refractivity contribution is -0.0958. The molecule has 0 spiro atoms. The van der Waals surface area contributed by atoms with E-state index < -0.39 is 0 Å². The van der Waals surface area contributed by atoms with E-state index in [1.54, 1.807) is 0 Å². The maximum atomic E-state index is 6.08. The Morgan fingerprint density at radius 1 is 1.24 bits per heavy atom. The van der Waals surface area contributed by atoms with E-state index in [0.29, 0.717) is 0 Å². The number of morpholine rings is 1. The fourth-order valence-corrected chi connectivity index (χ4v) is 2.15. The summed E-state index contributed by atoms with van der Waals surface area (Å²) in [6.45, 7) is 6.06. The highest BCUT2D eigenvalue weighted by atomic mass is 16.5. The van der Waals surface area contributed by atoms with Gasteiger partial charge >= 0.3 is 0 Å². The van der Waals surface area contributed by atoms with Gasteiger partial charge in [-0.1, -0.05) is 12.1 Å². The fourth-order valence-electron chi connectivity index (χ4n) is 2.15. The molecule has 1 fully saturated rings. The van der Waals surface area contributed by atoms with Crippen LogP contribution in [0.2, 0.25) is 0 Å². The average molecular weight is 234 g/mol. The topological polar surface area (TPSA) is 24.5 Å². The molecule has 1 saturated heterocycles. The highest BCUT2D eigenvalue weighted by Gasteiger charge is 2.28. The molecule has 1 aliphatic heterocycles. The van der Waals surface area contributed by atoms with E-state index in [0.717, 1.165) is 13.1 Å². The monoisotopic (exact) mass is 234 g/mol. The molecule has 17 heavy (non-hydrogen) atoms. The number of anilines is 1. The predicted octanol–water partition coefficient (Wildman–Crippen LogP) is 2.19. The molecule has 3 heteroatoms. The van der Waals surface area contributed by atoms with E-state index in [4.69, 9.17) is 4.74 Å². The number of rotatable bonds is 2. The second-order valence-electron chi connectivity index (χ2n) is 5.48. The molecule has 94 valence electrons. The number of nitrogens with one attached hydrogen (secondary N) is 1. The van der Waals surface area contributed by atoms with Crippen molar-refractivity contribution in [2.24, 2.45) is 0 Å². The summed E-state index contributed by atoms with van der Waals surface area (Å²) in [4.78, 5) is 2.10. The van der Waals surface area contributed by atoms with E-state index in [2.05, 4.69) is 62.4 Å². The Morgan fingerprint density at radius 2 is 1.88 bits per heavy atom. The Morgan fingerprint density at radius 3 is 2.41 bits per heavy atom. The van der Waals surface area contributed by atoms with Crippen LogP contribution < -0.4 is 10.2 Å². The molecule has 3 nitrogen and oxygen atoms in total. The molecule has 0 aliphatic carbocycles. The first kappa shape index (κ1) is 12.4. The molecule has 0 aromatic heterocycles. The highest BCUT2D eigenvalue weighted by Crippen LogP contribution is 2.27. The summed E-state index contributed by atoms with van der Waals surface area (Å²) < 4.78 is 6.08. The molecule has 1 aromatic rings. The van der Waals surface area contributed by atoms with Crippen molar-refractivity contribution in [2.75, 3.05) is 32.1 Å². The molecule has 1 atom stereocenters. The summed E-state index contributed by atoms with van der Waals surface area (Å²) in [5.41, 5.74) is 2.39. The largest absolute Gasteiger partial charge is 0.378 e. The number of hydrogen-bond acceptors (Lipinski definition) is 3. The molecule has 2 rings (SSSR count). The molecule has 0 radical (unpaired) electrons. The molecule has 0 amide bonds. The molecule has 1 aromatic carbocycles. The number of ether oxygens (including phenoxy) is 1. The third kappa shape index (κ3) is 2.99. The normalized spacial score (nSPS) is 23.4. The number of nitrogens with zero attached hydrogens (tertiary/aromatic N) is 1. The van der Waals surface area contributed by atoms with Crippen molar-refractivity contribution in [3.8, 4) is 0 Å². The number of hydrogen-bond donors (Lipinski definition) is 1. The van der Waals surface area contributed by atoms with Crippen LogP contribution in [0.25, 0.3) is 0 Å². The van der Waals surface area contributed by atoms with Crippen LogP contribution in [0.4, 0.5) is 5.69 Å². The summed E-state index contributed by atoms with van der Waals surface area (Å²) in [5, 5.41) is 3.43. The van der Waals surface area contributed by atoms with E-state index >= 15 is 0 Å². The molecule has 1 unspecified atom stereocenters. The Bertz CT molecular complexity index is 370. The average Bonchev–Trinajstić information content (AvgIpc) is 2.28. The molecule has 1 aliphatic rings. The van der Waals surface area contributed by atoms with Crippen LogP contribution in [0.1, 0.15) is 25.5 Å². The summed E-state index contributed by atoms with van der Waals surface area (Å²) in [5.74, 6) is 0. The highest BCUT2D eigenvalue weighted by molar-refractivity contribution is 5.46. The number of benzene rings is 1. The van der Waals surface area contributed by atoms with Crippen molar-refractivity contribution in [2.45, 2.75) is 25.6 Å². The minimum atomic E-state index is -0.0802. The second kappa shape index (κ2) is 4.67. The molecular weight excluding hydrogens is 212 g/mol. The summed E-state index contributed by atoms with van der Waals surface area (Å²) >= 11 is 0. The first-order valence-corrected chi connectivity index (χ1v) is 6.14. The minimum absolute atomic E-state index is 0.0802. The lowest BCUT2D eigenvalue weighted by Crippen LogP contribution is -2.46. The third-order valence-corrected chi connectivity index (χ3v) is 3.12. The molecule has 0 bridgehead atoms. The van der Waals surface area contributed by atoms with Crippen molar-refractivity contribution in [3.63, 3.8) is 0 Å². The summed E-state index contributed by atoms with van der Waals surface area (Å²) in [6.07, 6.45) is 0.162. The second-order valence-corrected chi connectivity index (χ2v) is 5.48. The van der Waals surface area contributed by atoms with Gasteiger partial charge in [-0.25, -0.2) is 0 Å². The zero-order chi connectivity index (χ0) is 12.5. The molecule has 0 saturated carbocycles. The smallest absolute Gasteiger partial charge is 0.0957 e. The van der Waals surface area contributed by atoms with Crippen molar-refractivity contribution in [3.05, 3.63) is 29.8 Å². The van der Waals surface area contributed by atoms with Gasteiger partial charge in [0.05, 0.1) is 11.7 Å². The van der Waals surface area contributed by atoms with Gasteiger partial charge in [0.15, 0.2) is 0 Å². The lowest BCUT2D eigenvalue weighted by atomic mass is 10.0. The van der Waals surface area contributed by atoms with E-state index in [-0.39, 0.29) is 11.7 Å². The molecule has 1 heterocycles. The SMILES string of the molecule is CN(C)c1ccc(C2CNCC(C)(C)O2)cc1. The zero-order valence-electron chi connectivity index (χ0n) is 11.2. The van der Waals surface area contributed by atoms with Crippen molar-refractivity contribution in [1.82, 2.24) is 5.32 Å². The van der Waals surface area contributed by atoms with E-state index in [1.807, 2.05) is 0 Å². The van der Waals surface area contributed by atoms with Gasteiger partial charge in [-0.15, -0.1) is 0 Å². The van der Waals surface area contributed by atoms with Crippen LogP contribution in [-0.4, -0.2) is 32.8 Å². The van der Waals surface area contributed by atoms with Crippen molar-refractivity contribution < 1.29 is 4.74 Å². The van der Waals surface area contributed by atoms with Crippen LogP contribution in [0, 0.1) is 0 Å². The van der Waals surface area contributed by atoms with Crippen LogP contribution >= 0.6 is 0 Å². The first-order chi connectivity index (χ1) is 7.98. The summed E-state index contributed by atoms with van der Waals surface area (Å²) in [7, 11) is 4.10. The summed E-state index contributed by atoms with van der Waals surface area (Å²) in [6, 6.07) is 8.59. The fraction of sp³-hybridized carbons (Fsp3) is 0.571. The van der Waals surface area contributed by atoms with Gasteiger partial charge in [0.2, 0.25) is 0 Å². The van der Waals surface area contributed by atoms with Gasteiger partial charge in [0.25, 0.3) is 0 Å². The van der Waals surface area contributed by atoms with Crippen LogP contribution in [0.3, 0.4) is 0 Å². The van der Waals surface area contributed by atoms with Crippen LogP contribution in [0.15, 0.2) is 24.3 Å². The Balaban J connectivity index is 2.12. The van der Waals surface area contributed by atoms with Gasteiger partial charge in [0, 0.05) is 32.9 Å². The quantitative estimate of drug-likeness (QED) is 0.849. The van der Waals surface area contributed by atoms with Crippen LogP contribution in [-0.2, 0) is 4.74 Å². The Kier molecular flexibility index (Phi) is 3.40. The maximum Gasteiger partial charge on any atom is 0.0957 e. The van der Waals surface area contributed by atoms with Gasteiger partial charge < -0.3 is 15.0 Å². The van der Waals surface area contributed by atoms with E-state index in [1.165, 1.54) is 11.3 Å². The zero-order valence-corrected chi connectivity index (χ0v) is 11.2. The van der Waals surface area contributed by atoms with Gasteiger partial charge in [-0.2, -0.15) is 0 Å². The van der Waals surface area contributed by atoms with Crippen molar-refractivity contribution in [1.29, 1.82) is 0 Å². The molecular formula is C14H22N2O. The van der Waals surface area contributed by atoms with Gasteiger partial charge in [-0.3, -0.25) is 0 Å². The Labute approximate surface area is 104 Å². The maximum absolute atomic E-state index is 6.08. The van der Waals surface area contributed by atoms with Crippen LogP contribution in [0.5, 0.6) is 0 Å². The van der Waals surface area contributed by atoms with Gasteiger partial charge in [0.1, 0.15) is 0 Å². The lowest BCUT2D eigenvalue weighted by Gasteiger charge is -2.37.